The molecule has 0 nitrogen and oxygen atoms in total. The quantitative estimate of drug-likeness (QED) is 0.593. The van der Waals surface area contributed by atoms with Crippen LogP contribution >= 0.6 is 0 Å². The molecule has 0 aliphatic rings. The zero-order valence-electron chi connectivity index (χ0n) is 9.29. The predicted molar refractivity (Wildman–Crippen MR) is 64.4 cm³/mol. The van der Waals surface area contributed by atoms with E-state index in [0.717, 1.165) is 0 Å². The van der Waals surface area contributed by atoms with Crippen molar-refractivity contribution >= 4 is 6.08 Å². The summed E-state index contributed by atoms with van der Waals surface area (Å²) in [4.78, 5) is 0. The zero-order chi connectivity index (χ0) is 10.2. The lowest BCUT2D eigenvalue weighted by atomic mass is 10.1. The summed E-state index contributed by atoms with van der Waals surface area (Å²) >= 11 is 0. The van der Waals surface area contributed by atoms with Gasteiger partial charge in [-0.2, -0.15) is 0 Å². The number of benzene rings is 1. The van der Waals surface area contributed by atoms with Gasteiger partial charge in [0.25, 0.3) is 0 Å². The molecule has 0 aliphatic carbocycles. The van der Waals surface area contributed by atoms with Crippen LogP contribution in [0.2, 0.25) is 0 Å². The van der Waals surface area contributed by atoms with Crippen LogP contribution in [0.3, 0.4) is 0 Å². The lowest BCUT2D eigenvalue weighted by molar-refractivity contribution is 0.730. The van der Waals surface area contributed by atoms with Crippen molar-refractivity contribution in [2.24, 2.45) is 0 Å². The van der Waals surface area contributed by atoms with Gasteiger partial charge in [0, 0.05) is 0 Å². The van der Waals surface area contributed by atoms with Crippen molar-refractivity contribution in [1.82, 2.24) is 0 Å². The van der Waals surface area contributed by atoms with E-state index in [-0.39, 0.29) is 0 Å². The second kappa shape index (κ2) is 6.42. The minimum atomic E-state index is 1.21. The molecule has 0 unspecified atom stereocenters. The van der Waals surface area contributed by atoms with E-state index in [1.807, 2.05) is 0 Å². The molecular weight excluding hydrogens is 168 g/mol. The average Bonchev–Trinajstić information content (AvgIpc) is 2.21. The molecule has 1 rings (SSSR count). The average molecular weight is 188 g/mol. The summed E-state index contributed by atoms with van der Waals surface area (Å²) in [7, 11) is 0. The van der Waals surface area contributed by atoms with E-state index < -0.39 is 0 Å². The lowest BCUT2D eigenvalue weighted by Gasteiger charge is -1.95. The van der Waals surface area contributed by atoms with Gasteiger partial charge in [0.2, 0.25) is 0 Å². The molecule has 1 aromatic carbocycles. The van der Waals surface area contributed by atoms with E-state index in [1.54, 1.807) is 0 Å². The first-order valence-electron chi connectivity index (χ1n) is 5.56. The normalized spacial score (nSPS) is 11.0. The number of aryl methyl sites for hydroxylation is 1. The Bertz CT molecular complexity index is 267. The fourth-order valence-corrected chi connectivity index (χ4v) is 1.41. The molecule has 0 spiro atoms. The van der Waals surface area contributed by atoms with Crippen molar-refractivity contribution in [3.8, 4) is 0 Å². The maximum atomic E-state index is 2.28. The van der Waals surface area contributed by atoms with Crippen LogP contribution in [0.5, 0.6) is 0 Å². The third-order valence-corrected chi connectivity index (χ3v) is 2.36. The molecule has 0 bridgehead atoms. The molecule has 0 N–H and O–H groups in total. The molecule has 1 aromatic rings. The summed E-state index contributed by atoms with van der Waals surface area (Å²) in [5, 5.41) is 0. The van der Waals surface area contributed by atoms with Crippen LogP contribution in [0.1, 0.15) is 43.7 Å². The lowest BCUT2D eigenvalue weighted by Crippen LogP contribution is -1.74. The number of allylic oxidation sites excluding steroid dienone is 1. The Morgan fingerprint density at radius 3 is 2.43 bits per heavy atom. The molecule has 0 radical (unpaired) electrons. The van der Waals surface area contributed by atoms with E-state index in [2.05, 4.69) is 50.3 Å². The van der Waals surface area contributed by atoms with Crippen LogP contribution in [0, 0.1) is 6.92 Å². The van der Waals surface area contributed by atoms with E-state index in [9.17, 15) is 0 Å². The summed E-state index contributed by atoms with van der Waals surface area (Å²) in [5.41, 5.74) is 2.64. The highest BCUT2D eigenvalue weighted by molar-refractivity contribution is 5.49. The van der Waals surface area contributed by atoms with Crippen molar-refractivity contribution in [3.05, 3.63) is 41.5 Å². The Hall–Kier alpha value is -1.04. The minimum absolute atomic E-state index is 1.21. The van der Waals surface area contributed by atoms with Gasteiger partial charge in [0.05, 0.1) is 0 Å². The number of unbranched alkanes of at least 4 members (excludes halogenated alkanes) is 3. The second-order valence-electron chi connectivity index (χ2n) is 3.81. The Morgan fingerprint density at radius 1 is 1.07 bits per heavy atom. The summed E-state index contributed by atoms with van der Waals surface area (Å²) < 4.78 is 0. The van der Waals surface area contributed by atoms with E-state index in [1.165, 1.54) is 36.8 Å². The molecule has 0 heterocycles. The van der Waals surface area contributed by atoms with E-state index in [0.29, 0.717) is 0 Å². The fraction of sp³-hybridized carbons (Fsp3) is 0.429. The Balaban J connectivity index is 2.33. The number of rotatable bonds is 5. The molecule has 0 saturated carbocycles. The van der Waals surface area contributed by atoms with Gasteiger partial charge in [-0.1, -0.05) is 61.7 Å². The zero-order valence-corrected chi connectivity index (χ0v) is 9.29. The largest absolute Gasteiger partial charge is 0.0839 e. The second-order valence-corrected chi connectivity index (χ2v) is 3.81. The summed E-state index contributed by atoms with van der Waals surface area (Å²) in [5.74, 6) is 0. The Kier molecular flexibility index (Phi) is 5.06. The first-order chi connectivity index (χ1) is 6.83. The number of hydrogen-bond donors (Lipinski definition) is 0. The molecule has 0 fully saturated rings. The van der Waals surface area contributed by atoms with Crippen LogP contribution < -0.4 is 0 Å². The molecular formula is C14H20. The minimum Gasteiger partial charge on any atom is -0.0839 e. The van der Waals surface area contributed by atoms with Gasteiger partial charge in [-0.25, -0.2) is 0 Å². The topological polar surface area (TPSA) is 0 Å². The molecule has 0 aromatic heterocycles. The van der Waals surface area contributed by atoms with Crippen LogP contribution in [0.4, 0.5) is 0 Å². The third-order valence-electron chi connectivity index (χ3n) is 2.36. The first kappa shape index (κ1) is 11.0. The monoisotopic (exact) mass is 188 g/mol. The summed E-state index contributed by atoms with van der Waals surface area (Å²) in [6, 6.07) is 8.66. The van der Waals surface area contributed by atoms with Gasteiger partial charge in [-0.05, 0) is 25.3 Å². The first-order valence-corrected chi connectivity index (χ1v) is 5.56. The highest BCUT2D eigenvalue weighted by Gasteiger charge is 1.86. The molecule has 0 saturated heterocycles. The maximum Gasteiger partial charge on any atom is -0.0260 e. The van der Waals surface area contributed by atoms with Crippen LogP contribution in [0.15, 0.2) is 30.3 Å². The molecule has 76 valence electrons. The SMILES string of the molecule is CCCCC/C=C/c1ccc(C)cc1. The molecule has 0 amide bonds. The van der Waals surface area contributed by atoms with Gasteiger partial charge < -0.3 is 0 Å². The van der Waals surface area contributed by atoms with Gasteiger partial charge >= 0.3 is 0 Å². The smallest absolute Gasteiger partial charge is 0.0260 e. The highest BCUT2D eigenvalue weighted by atomic mass is 13.9. The van der Waals surface area contributed by atoms with Gasteiger partial charge in [-0.15, -0.1) is 0 Å². The van der Waals surface area contributed by atoms with Crippen LogP contribution in [-0.4, -0.2) is 0 Å². The Labute approximate surface area is 87.7 Å². The van der Waals surface area contributed by atoms with Crippen molar-refractivity contribution in [2.45, 2.75) is 39.5 Å². The molecule has 0 aliphatic heterocycles. The van der Waals surface area contributed by atoms with Crippen molar-refractivity contribution in [2.75, 3.05) is 0 Å². The summed E-state index contributed by atoms with van der Waals surface area (Å²) in [6.07, 6.45) is 9.67. The van der Waals surface area contributed by atoms with Crippen molar-refractivity contribution in [3.63, 3.8) is 0 Å². The standard InChI is InChI=1S/C14H20/c1-3-4-5-6-7-8-14-11-9-13(2)10-12-14/h7-12H,3-6H2,1-2H3/b8-7+. The van der Waals surface area contributed by atoms with Crippen molar-refractivity contribution < 1.29 is 0 Å². The van der Waals surface area contributed by atoms with E-state index >= 15 is 0 Å². The van der Waals surface area contributed by atoms with Crippen molar-refractivity contribution in [1.29, 1.82) is 0 Å². The Morgan fingerprint density at radius 2 is 1.79 bits per heavy atom. The summed E-state index contributed by atoms with van der Waals surface area (Å²) in [6.45, 7) is 4.36. The highest BCUT2D eigenvalue weighted by Crippen LogP contribution is 2.07. The number of hydrogen-bond acceptors (Lipinski definition) is 0. The van der Waals surface area contributed by atoms with Gasteiger partial charge in [-0.3, -0.25) is 0 Å². The third kappa shape index (κ3) is 4.27. The molecule has 0 atom stereocenters. The predicted octanol–water partition coefficient (Wildman–Crippen LogP) is 4.59. The van der Waals surface area contributed by atoms with Crippen LogP contribution in [-0.2, 0) is 0 Å². The van der Waals surface area contributed by atoms with Gasteiger partial charge in [0.1, 0.15) is 0 Å². The fourth-order valence-electron chi connectivity index (χ4n) is 1.41. The van der Waals surface area contributed by atoms with Gasteiger partial charge in [0.15, 0.2) is 0 Å². The maximum absolute atomic E-state index is 2.28. The van der Waals surface area contributed by atoms with E-state index in [4.69, 9.17) is 0 Å². The van der Waals surface area contributed by atoms with Crippen LogP contribution in [0.25, 0.3) is 6.08 Å². The molecule has 0 heteroatoms. The molecule has 14 heavy (non-hydrogen) atoms.